The van der Waals surface area contributed by atoms with Crippen LogP contribution in [0.1, 0.15) is 10.4 Å². The molecule has 0 radical (unpaired) electrons. The molecule has 6 heteroatoms. The molecular formula is C11H9ClN4O. The molecule has 0 aliphatic heterocycles. The zero-order valence-electron chi connectivity index (χ0n) is 8.72. The first kappa shape index (κ1) is 11.3. The molecule has 2 rings (SSSR count). The molecule has 0 aromatic carbocycles. The average Bonchev–Trinajstić information content (AvgIpc) is 2.29. The van der Waals surface area contributed by atoms with Crippen molar-refractivity contribution in [1.82, 2.24) is 9.97 Å². The van der Waals surface area contributed by atoms with E-state index in [0.29, 0.717) is 16.4 Å². The molecule has 0 spiro atoms. The number of primary amides is 1. The number of carbonyl (C=O) groups excluding carboxylic acids is 1. The normalized spacial score (nSPS) is 10.2. The van der Waals surface area contributed by atoms with Crippen molar-refractivity contribution in [1.29, 1.82) is 0 Å². The number of carbonyl (C=O) groups is 1. The van der Waals surface area contributed by atoms with Gasteiger partial charge in [0, 0.05) is 6.20 Å². The number of pyridine rings is 2. The molecule has 0 saturated heterocycles. The van der Waals surface area contributed by atoms with Gasteiger partial charge < -0.3 is 11.5 Å². The van der Waals surface area contributed by atoms with Crippen LogP contribution in [-0.4, -0.2) is 15.9 Å². The molecule has 4 N–H and O–H groups in total. The Kier molecular flexibility index (Phi) is 2.93. The number of nitrogens with two attached hydrogens (primary N) is 2. The van der Waals surface area contributed by atoms with E-state index < -0.39 is 5.91 Å². The summed E-state index contributed by atoms with van der Waals surface area (Å²) < 4.78 is 0. The van der Waals surface area contributed by atoms with Crippen LogP contribution in [0.5, 0.6) is 0 Å². The fourth-order valence-electron chi connectivity index (χ4n) is 1.39. The minimum atomic E-state index is -0.617. The van der Waals surface area contributed by atoms with Crippen LogP contribution in [-0.2, 0) is 0 Å². The molecule has 0 atom stereocenters. The van der Waals surface area contributed by atoms with Crippen molar-refractivity contribution in [3.8, 4) is 11.4 Å². The van der Waals surface area contributed by atoms with Crippen LogP contribution in [0.4, 0.5) is 5.82 Å². The standard InChI is InChI=1S/C11H9ClN4O/c12-7-2-1-5-15-9(7)8-4-3-6(11(14)17)10(13)16-8/h1-5H,(H2,13,16)(H2,14,17). The summed E-state index contributed by atoms with van der Waals surface area (Å²) in [4.78, 5) is 19.2. The Balaban J connectivity index is 2.52. The molecule has 2 aromatic rings. The van der Waals surface area contributed by atoms with Crippen LogP contribution in [0.25, 0.3) is 11.4 Å². The van der Waals surface area contributed by atoms with Gasteiger partial charge in [-0.05, 0) is 24.3 Å². The van der Waals surface area contributed by atoms with E-state index in [1.54, 1.807) is 24.4 Å². The van der Waals surface area contributed by atoms with Gasteiger partial charge >= 0.3 is 0 Å². The number of hydrogen-bond acceptors (Lipinski definition) is 4. The first-order valence-electron chi connectivity index (χ1n) is 4.77. The number of nitrogens with zero attached hydrogens (tertiary/aromatic N) is 2. The van der Waals surface area contributed by atoms with E-state index in [2.05, 4.69) is 9.97 Å². The minimum Gasteiger partial charge on any atom is -0.383 e. The third-order valence-corrected chi connectivity index (χ3v) is 2.50. The molecule has 17 heavy (non-hydrogen) atoms. The highest BCUT2D eigenvalue weighted by Gasteiger charge is 2.11. The average molecular weight is 249 g/mol. The second-order valence-electron chi connectivity index (χ2n) is 3.33. The number of halogens is 1. The van der Waals surface area contributed by atoms with Crippen LogP contribution >= 0.6 is 11.6 Å². The highest BCUT2D eigenvalue weighted by atomic mass is 35.5. The van der Waals surface area contributed by atoms with Crippen molar-refractivity contribution < 1.29 is 4.79 Å². The molecule has 86 valence electrons. The lowest BCUT2D eigenvalue weighted by molar-refractivity contribution is 0.100. The van der Waals surface area contributed by atoms with Crippen molar-refractivity contribution >= 4 is 23.3 Å². The Morgan fingerprint density at radius 3 is 2.65 bits per heavy atom. The fraction of sp³-hybridized carbons (Fsp3) is 0. The van der Waals surface area contributed by atoms with Crippen molar-refractivity contribution in [2.75, 3.05) is 5.73 Å². The molecule has 0 aliphatic carbocycles. The van der Waals surface area contributed by atoms with Gasteiger partial charge in [0.05, 0.1) is 16.3 Å². The quantitative estimate of drug-likeness (QED) is 0.841. The third-order valence-electron chi connectivity index (χ3n) is 2.19. The number of anilines is 1. The molecule has 0 aliphatic rings. The Morgan fingerprint density at radius 2 is 2.06 bits per heavy atom. The summed E-state index contributed by atoms with van der Waals surface area (Å²) in [6.45, 7) is 0. The van der Waals surface area contributed by atoms with Crippen molar-refractivity contribution in [2.24, 2.45) is 5.73 Å². The van der Waals surface area contributed by atoms with Crippen LogP contribution in [0.3, 0.4) is 0 Å². The van der Waals surface area contributed by atoms with Crippen LogP contribution < -0.4 is 11.5 Å². The van der Waals surface area contributed by atoms with E-state index in [0.717, 1.165) is 0 Å². The first-order chi connectivity index (χ1) is 8.09. The summed E-state index contributed by atoms with van der Waals surface area (Å²) in [5.41, 5.74) is 12.0. The first-order valence-corrected chi connectivity index (χ1v) is 5.14. The second-order valence-corrected chi connectivity index (χ2v) is 3.73. The number of rotatable bonds is 2. The summed E-state index contributed by atoms with van der Waals surface area (Å²) in [6.07, 6.45) is 1.60. The maximum absolute atomic E-state index is 11.0. The SMILES string of the molecule is NC(=O)c1ccc(-c2ncccc2Cl)nc1N. The molecule has 2 aromatic heterocycles. The van der Waals surface area contributed by atoms with Crippen LogP contribution in [0.2, 0.25) is 5.02 Å². The van der Waals surface area contributed by atoms with Gasteiger partial charge in [-0.15, -0.1) is 0 Å². The Morgan fingerprint density at radius 1 is 1.29 bits per heavy atom. The third kappa shape index (κ3) is 2.19. The molecule has 0 fully saturated rings. The number of hydrogen-bond donors (Lipinski definition) is 2. The lowest BCUT2D eigenvalue weighted by Gasteiger charge is -2.05. The van der Waals surface area contributed by atoms with E-state index in [4.69, 9.17) is 23.1 Å². The molecule has 0 unspecified atom stereocenters. The fourth-order valence-corrected chi connectivity index (χ4v) is 1.61. The van der Waals surface area contributed by atoms with Gasteiger partial charge in [0.15, 0.2) is 0 Å². The zero-order chi connectivity index (χ0) is 12.4. The van der Waals surface area contributed by atoms with Crippen molar-refractivity contribution in [2.45, 2.75) is 0 Å². The summed E-state index contributed by atoms with van der Waals surface area (Å²) in [7, 11) is 0. The number of amides is 1. The van der Waals surface area contributed by atoms with Gasteiger partial charge in [-0.3, -0.25) is 9.78 Å². The second kappa shape index (κ2) is 4.39. The predicted octanol–water partition coefficient (Wildman–Crippen LogP) is 1.48. The van der Waals surface area contributed by atoms with Crippen molar-refractivity contribution in [3.63, 3.8) is 0 Å². The zero-order valence-corrected chi connectivity index (χ0v) is 9.48. The number of aromatic nitrogens is 2. The van der Waals surface area contributed by atoms with Gasteiger partial charge in [-0.2, -0.15) is 0 Å². The van der Waals surface area contributed by atoms with E-state index in [1.165, 1.54) is 6.07 Å². The van der Waals surface area contributed by atoms with Crippen molar-refractivity contribution in [3.05, 3.63) is 41.0 Å². The number of nitrogen functional groups attached to an aromatic ring is 1. The minimum absolute atomic E-state index is 0.0664. The smallest absolute Gasteiger partial charge is 0.252 e. The highest BCUT2D eigenvalue weighted by Crippen LogP contribution is 2.24. The molecule has 5 nitrogen and oxygen atoms in total. The Hall–Kier alpha value is -2.14. The molecule has 0 saturated carbocycles. The maximum atomic E-state index is 11.0. The van der Waals surface area contributed by atoms with Gasteiger partial charge in [0.1, 0.15) is 11.5 Å². The lowest BCUT2D eigenvalue weighted by atomic mass is 10.2. The van der Waals surface area contributed by atoms with E-state index in [-0.39, 0.29) is 11.4 Å². The summed E-state index contributed by atoms with van der Waals surface area (Å²) in [6, 6.07) is 6.52. The largest absolute Gasteiger partial charge is 0.383 e. The maximum Gasteiger partial charge on any atom is 0.252 e. The van der Waals surface area contributed by atoms with E-state index in [9.17, 15) is 4.79 Å². The van der Waals surface area contributed by atoms with Crippen LogP contribution in [0, 0.1) is 0 Å². The van der Waals surface area contributed by atoms with E-state index in [1.807, 2.05) is 0 Å². The summed E-state index contributed by atoms with van der Waals surface area (Å²) in [5, 5.41) is 0.464. The monoisotopic (exact) mass is 248 g/mol. The van der Waals surface area contributed by atoms with Gasteiger partial charge in [0.2, 0.25) is 0 Å². The topological polar surface area (TPSA) is 94.9 Å². The Labute approximate surface area is 102 Å². The van der Waals surface area contributed by atoms with Gasteiger partial charge in [0.25, 0.3) is 5.91 Å². The molecular weight excluding hydrogens is 240 g/mol. The molecule has 2 heterocycles. The lowest BCUT2D eigenvalue weighted by Crippen LogP contribution is -2.14. The molecule has 1 amide bonds. The van der Waals surface area contributed by atoms with Gasteiger partial charge in [-0.1, -0.05) is 11.6 Å². The summed E-state index contributed by atoms with van der Waals surface area (Å²) >= 11 is 5.98. The summed E-state index contributed by atoms with van der Waals surface area (Å²) in [5.74, 6) is -0.551. The predicted molar refractivity (Wildman–Crippen MR) is 65.4 cm³/mol. The highest BCUT2D eigenvalue weighted by molar-refractivity contribution is 6.32. The Bertz CT molecular complexity index is 585. The van der Waals surface area contributed by atoms with E-state index >= 15 is 0 Å². The van der Waals surface area contributed by atoms with Crippen LogP contribution in [0.15, 0.2) is 30.5 Å². The molecule has 0 bridgehead atoms. The van der Waals surface area contributed by atoms with Gasteiger partial charge in [-0.25, -0.2) is 4.98 Å².